The fourth-order valence-electron chi connectivity index (χ4n) is 2.12. The van der Waals surface area contributed by atoms with Crippen molar-refractivity contribution >= 4 is 0 Å². The molecule has 2 nitrogen and oxygen atoms in total. The van der Waals surface area contributed by atoms with Gasteiger partial charge in [-0.1, -0.05) is 18.6 Å². The summed E-state index contributed by atoms with van der Waals surface area (Å²) in [5.74, 6) is 0. The average molecular weight is 247 g/mol. The van der Waals surface area contributed by atoms with Gasteiger partial charge < -0.3 is 10.1 Å². The summed E-state index contributed by atoms with van der Waals surface area (Å²) in [7, 11) is 0. The van der Waals surface area contributed by atoms with Crippen molar-refractivity contribution in [3.63, 3.8) is 0 Å². The molecule has 0 saturated heterocycles. The Bertz CT molecular complexity index is 231. The summed E-state index contributed by atoms with van der Waals surface area (Å²) in [5, 5.41) is 3.46. The number of ether oxygens (including phenoxy) is 1. The van der Waals surface area contributed by atoms with Gasteiger partial charge in [0.25, 0.3) is 6.43 Å². The lowest BCUT2D eigenvalue weighted by Crippen LogP contribution is -2.32. The smallest absolute Gasteiger partial charge is 0.261 e. The van der Waals surface area contributed by atoms with E-state index in [-0.39, 0.29) is 0 Å². The maximum absolute atomic E-state index is 11.9. The molecule has 0 fully saturated rings. The number of alkyl halides is 2. The van der Waals surface area contributed by atoms with E-state index in [9.17, 15) is 8.78 Å². The molecule has 0 aromatic heterocycles. The summed E-state index contributed by atoms with van der Waals surface area (Å²) in [4.78, 5) is 0. The Balaban J connectivity index is 2.25. The zero-order valence-electron chi connectivity index (χ0n) is 10.6. The molecule has 17 heavy (non-hydrogen) atoms. The van der Waals surface area contributed by atoms with E-state index in [1.165, 1.54) is 12.0 Å². The Labute approximate surface area is 102 Å². The van der Waals surface area contributed by atoms with Crippen molar-refractivity contribution in [3.8, 4) is 0 Å². The van der Waals surface area contributed by atoms with Gasteiger partial charge in [0.2, 0.25) is 0 Å². The van der Waals surface area contributed by atoms with Crippen LogP contribution in [0.15, 0.2) is 11.6 Å². The fourth-order valence-corrected chi connectivity index (χ4v) is 2.12. The molecule has 0 saturated carbocycles. The van der Waals surface area contributed by atoms with E-state index in [0.717, 1.165) is 32.2 Å². The van der Waals surface area contributed by atoms with Gasteiger partial charge in [-0.3, -0.25) is 0 Å². The quantitative estimate of drug-likeness (QED) is 0.499. The highest BCUT2D eigenvalue weighted by molar-refractivity contribution is 5.15. The van der Waals surface area contributed by atoms with E-state index in [0.29, 0.717) is 12.6 Å². The van der Waals surface area contributed by atoms with Gasteiger partial charge >= 0.3 is 0 Å². The van der Waals surface area contributed by atoms with Gasteiger partial charge in [-0.25, -0.2) is 8.78 Å². The van der Waals surface area contributed by atoms with Crippen LogP contribution >= 0.6 is 0 Å². The summed E-state index contributed by atoms with van der Waals surface area (Å²) in [6, 6.07) is 0.315. The second-order valence-electron chi connectivity index (χ2n) is 4.43. The number of halogens is 2. The van der Waals surface area contributed by atoms with Gasteiger partial charge in [-0.05, 0) is 38.6 Å². The molecule has 4 heteroatoms. The molecule has 0 aromatic carbocycles. The summed E-state index contributed by atoms with van der Waals surface area (Å²) in [5.41, 5.74) is 1.43. The van der Waals surface area contributed by atoms with Crippen LogP contribution < -0.4 is 5.32 Å². The van der Waals surface area contributed by atoms with E-state index < -0.39 is 13.0 Å². The summed E-state index contributed by atoms with van der Waals surface area (Å²) in [6.07, 6.45) is 5.30. The van der Waals surface area contributed by atoms with Crippen LogP contribution in [0.3, 0.4) is 0 Å². The number of nitrogens with one attached hydrogen (secondary N) is 1. The largest absolute Gasteiger partial charge is 0.375 e. The van der Waals surface area contributed by atoms with Crippen molar-refractivity contribution in [2.24, 2.45) is 0 Å². The Kier molecular flexibility index (Phi) is 7.37. The Morgan fingerprint density at radius 2 is 2.29 bits per heavy atom. The lowest BCUT2D eigenvalue weighted by molar-refractivity contribution is 0.0152. The first kappa shape index (κ1) is 14.6. The Morgan fingerprint density at radius 1 is 1.47 bits per heavy atom. The minimum atomic E-state index is -2.36. The van der Waals surface area contributed by atoms with Gasteiger partial charge in [0.15, 0.2) is 0 Å². The van der Waals surface area contributed by atoms with E-state index in [1.807, 2.05) is 0 Å². The van der Waals surface area contributed by atoms with Crippen LogP contribution in [0.2, 0.25) is 0 Å². The van der Waals surface area contributed by atoms with Crippen molar-refractivity contribution < 1.29 is 13.5 Å². The molecule has 0 heterocycles. The molecule has 1 unspecified atom stereocenters. The summed E-state index contributed by atoms with van der Waals surface area (Å²) >= 11 is 0. The highest BCUT2D eigenvalue weighted by Crippen LogP contribution is 2.22. The van der Waals surface area contributed by atoms with Crippen LogP contribution in [0, 0.1) is 0 Å². The van der Waals surface area contributed by atoms with Gasteiger partial charge in [0.1, 0.15) is 6.61 Å². The third-order valence-corrected chi connectivity index (χ3v) is 2.96. The molecular formula is C13H23F2NO. The van der Waals surface area contributed by atoms with E-state index in [2.05, 4.69) is 18.3 Å². The minimum absolute atomic E-state index is 0.315. The monoisotopic (exact) mass is 247 g/mol. The second kappa shape index (κ2) is 8.59. The number of allylic oxidation sites excluding steroid dienone is 1. The molecule has 100 valence electrons. The van der Waals surface area contributed by atoms with Crippen molar-refractivity contribution in [1.29, 1.82) is 0 Å². The standard InChI is InChI=1S/C13H23F2NO/c1-2-8-16-12(11-5-3-4-6-11)7-9-17-10-13(14)15/h5,12-13,16H,2-4,6-10H2,1H3. The van der Waals surface area contributed by atoms with Crippen LogP contribution in [-0.2, 0) is 4.74 Å². The normalized spacial score (nSPS) is 17.5. The van der Waals surface area contributed by atoms with Crippen molar-refractivity contribution in [2.45, 2.75) is 51.5 Å². The lowest BCUT2D eigenvalue weighted by Gasteiger charge is -2.20. The van der Waals surface area contributed by atoms with Crippen LogP contribution in [0.4, 0.5) is 8.78 Å². The molecule has 0 aromatic rings. The molecule has 0 amide bonds. The number of hydrogen-bond donors (Lipinski definition) is 1. The highest BCUT2D eigenvalue weighted by Gasteiger charge is 2.16. The van der Waals surface area contributed by atoms with Crippen LogP contribution in [0.25, 0.3) is 0 Å². The van der Waals surface area contributed by atoms with Gasteiger partial charge in [-0.15, -0.1) is 0 Å². The van der Waals surface area contributed by atoms with E-state index in [1.54, 1.807) is 0 Å². The first-order chi connectivity index (χ1) is 8.24. The Hall–Kier alpha value is -0.480. The average Bonchev–Trinajstić information content (AvgIpc) is 2.81. The van der Waals surface area contributed by atoms with Crippen molar-refractivity contribution in [3.05, 3.63) is 11.6 Å². The molecule has 0 radical (unpaired) electrons. The zero-order valence-corrected chi connectivity index (χ0v) is 10.6. The molecule has 1 atom stereocenters. The maximum Gasteiger partial charge on any atom is 0.261 e. The molecule has 1 aliphatic carbocycles. The SMILES string of the molecule is CCCNC(CCOCC(F)F)C1=CCCC1. The molecule has 0 spiro atoms. The minimum Gasteiger partial charge on any atom is -0.375 e. The maximum atomic E-state index is 11.9. The topological polar surface area (TPSA) is 21.3 Å². The highest BCUT2D eigenvalue weighted by atomic mass is 19.3. The third kappa shape index (κ3) is 6.13. The molecule has 0 aliphatic heterocycles. The fraction of sp³-hybridized carbons (Fsp3) is 0.846. The molecule has 1 aliphatic rings. The first-order valence-electron chi connectivity index (χ1n) is 6.52. The number of hydrogen-bond acceptors (Lipinski definition) is 2. The van der Waals surface area contributed by atoms with Gasteiger partial charge in [0.05, 0.1) is 0 Å². The molecule has 1 rings (SSSR count). The zero-order chi connectivity index (χ0) is 12.5. The van der Waals surface area contributed by atoms with Crippen molar-refractivity contribution in [2.75, 3.05) is 19.8 Å². The third-order valence-electron chi connectivity index (χ3n) is 2.96. The predicted octanol–water partition coefficient (Wildman–Crippen LogP) is 3.14. The van der Waals surface area contributed by atoms with Crippen LogP contribution in [0.5, 0.6) is 0 Å². The van der Waals surface area contributed by atoms with E-state index in [4.69, 9.17) is 4.74 Å². The Morgan fingerprint density at radius 3 is 2.88 bits per heavy atom. The molecular weight excluding hydrogens is 224 g/mol. The van der Waals surface area contributed by atoms with Gasteiger partial charge in [-0.2, -0.15) is 0 Å². The first-order valence-corrected chi connectivity index (χ1v) is 6.52. The second-order valence-corrected chi connectivity index (χ2v) is 4.43. The summed E-state index contributed by atoms with van der Waals surface area (Å²) in [6.45, 7) is 3.06. The molecule has 0 bridgehead atoms. The number of rotatable bonds is 9. The summed E-state index contributed by atoms with van der Waals surface area (Å²) < 4.78 is 28.8. The molecule has 1 N–H and O–H groups in total. The van der Waals surface area contributed by atoms with Gasteiger partial charge in [0, 0.05) is 12.6 Å². The predicted molar refractivity (Wildman–Crippen MR) is 65.5 cm³/mol. The van der Waals surface area contributed by atoms with Crippen molar-refractivity contribution in [1.82, 2.24) is 5.32 Å². The van der Waals surface area contributed by atoms with Crippen LogP contribution in [-0.4, -0.2) is 32.2 Å². The lowest BCUT2D eigenvalue weighted by atomic mass is 10.0. The van der Waals surface area contributed by atoms with E-state index >= 15 is 0 Å². The van der Waals surface area contributed by atoms with Crippen LogP contribution in [0.1, 0.15) is 39.0 Å².